The van der Waals surface area contributed by atoms with Crippen LogP contribution in [0.3, 0.4) is 0 Å². The average Bonchev–Trinajstić information content (AvgIpc) is 2.96. The van der Waals surface area contributed by atoms with Crippen molar-refractivity contribution >= 4 is 28.5 Å². The van der Waals surface area contributed by atoms with E-state index < -0.39 is 0 Å². The van der Waals surface area contributed by atoms with Gasteiger partial charge in [-0.05, 0) is 89.7 Å². The minimum absolute atomic E-state index is 0.365. The van der Waals surface area contributed by atoms with Crippen molar-refractivity contribution in [2.75, 3.05) is 5.32 Å². The van der Waals surface area contributed by atoms with Gasteiger partial charge in [-0.25, -0.2) is 0 Å². The zero-order chi connectivity index (χ0) is 34.5. The number of para-hydroxylation sites is 3. The van der Waals surface area contributed by atoms with Crippen molar-refractivity contribution in [3.63, 3.8) is 0 Å². The first kappa shape index (κ1) is 37.0. The Morgan fingerprint density at radius 1 is 0.435 bits per heavy atom. The zero-order valence-electron chi connectivity index (χ0n) is 31.6. The van der Waals surface area contributed by atoms with Crippen molar-refractivity contribution in [1.29, 1.82) is 0 Å². The van der Waals surface area contributed by atoms with Crippen molar-refractivity contribution < 1.29 is 0 Å². The van der Waals surface area contributed by atoms with Crippen LogP contribution in [0, 0.1) is 0 Å². The molecule has 3 nitrogen and oxygen atoms in total. The average molecular weight is 620 g/mol. The predicted octanol–water partition coefficient (Wildman–Crippen LogP) is 13.7. The van der Waals surface area contributed by atoms with Gasteiger partial charge in [-0.15, -0.1) is 0 Å². The maximum atomic E-state index is 5.50. The van der Waals surface area contributed by atoms with Crippen LogP contribution in [0.5, 0.6) is 0 Å². The summed E-state index contributed by atoms with van der Waals surface area (Å²) in [5, 5.41) is 3.94. The lowest BCUT2D eigenvalue weighted by Gasteiger charge is -2.24. The van der Waals surface area contributed by atoms with Crippen molar-refractivity contribution in [3.8, 4) is 0 Å². The highest BCUT2D eigenvalue weighted by Crippen LogP contribution is 2.38. The van der Waals surface area contributed by atoms with E-state index in [9.17, 15) is 0 Å². The molecule has 0 amide bonds. The quantitative estimate of drug-likeness (QED) is 0.201. The molecule has 248 valence electrons. The van der Waals surface area contributed by atoms with E-state index in [1.165, 1.54) is 39.1 Å². The topological polar surface area (TPSA) is 36.8 Å². The Hall–Kier alpha value is -3.46. The van der Waals surface area contributed by atoms with Crippen LogP contribution in [0.4, 0.5) is 17.1 Å². The summed E-state index contributed by atoms with van der Waals surface area (Å²) >= 11 is 0. The molecular formula is C43H61N3. The van der Waals surface area contributed by atoms with Crippen LogP contribution in [0.2, 0.25) is 0 Å². The summed E-state index contributed by atoms with van der Waals surface area (Å²) < 4.78 is 0. The maximum Gasteiger partial charge on any atom is 0.0702 e. The third kappa shape index (κ3) is 8.46. The van der Waals surface area contributed by atoms with E-state index in [0.717, 1.165) is 34.1 Å². The van der Waals surface area contributed by atoms with Gasteiger partial charge in [-0.2, -0.15) is 0 Å². The largest absolute Gasteiger partial charge is 0.358 e. The molecule has 3 aromatic carbocycles. The number of anilines is 1. The minimum Gasteiger partial charge on any atom is -0.358 e. The molecule has 0 saturated heterocycles. The number of rotatable bonds is 12. The molecule has 3 rings (SSSR count). The Morgan fingerprint density at radius 2 is 0.696 bits per heavy atom. The summed E-state index contributed by atoms with van der Waals surface area (Å²) in [6.07, 6.45) is 0. The molecule has 0 aliphatic heterocycles. The maximum absolute atomic E-state index is 5.50. The molecule has 0 aliphatic rings. The molecule has 0 spiro atoms. The van der Waals surface area contributed by atoms with Crippen molar-refractivity contribution in [2.45, 2.75) is 139 Å². The fourth-order valence-electron chi connectivity index (χ4n) is 6.48. The van der Waals surface area contributed by atoms with Crippen LogP contribution in [-0.4, -0.2) is 11.4 Å². The Balaban J connectivity index is 2.43. The van der Waals surface area contributed by atoms with E-state index >= 15 is 0 Å². The Bertz CT molecular complexity index is 1430. The summed E-state index contributed by atoms with van der Waals surface area (Å²) in [6.45, 7) is 33.7. The second kappa shape index (κ2) is 15.9. The normalized spacial score (nSPS) is 12.8. The predicted molar refractivity (Wildman–Crippen MR) is 206 cm³/mol. The van der Waals surface area contributed by atoms with Crippen LogP contribution in [-0.2, 0) is 0 Å². The standard InChI is InChI=1S/C43H61N3/c1-25(2)34-19-16-20-35(26(3)4)41(34)44-31(13)40(32(14)45-42-36(27(5)6)21-17-22-37(42)28(7)8)33(15)46-43-38(29(9)10)23-18-24-39(43)30(11)12/h16-30,44H,1-15H3. The van der Waals surface area contributed by atoms with E-state index in [0.29, 0.717) is 35.5 Å². The van der Waals surface area contributed by atoms with E-state index in [2.05, 4.69) is 164 Å². The lowest BCUT2D eigenvalue weighted by atomic mass is 9.91. The molecule has 0 saturated carbocycles. The van der Waals surface area contributed by atoms with Gasteiger partial charge in [-0.1, -0.05) is 138 Å². The van der Waals surface area contributed by atoms with Crippen LogP contribution in [0.25, 0.3) is 0 Å². The van der Waals surface area contributed by atoms with Crippen LogP contribution in [0.1, 0.15) is 173 Å². The van der Waals surface area contributed by atoms with Gasteiger partial charge in [0, 0.05) is 28.4 Å². The van der Waals surface area contributed by atoms with Crippen molar-refractivity contribution in [2.24, 2.45) is 9.98 Å². The van der Waals surface area contributed by atoms with Gasteiger partial charge < -0.3 is 5.32 Å². The van der Waals surface area contributed by atoms with Crippen LogP contribution < -0.4 is 5.32 Å². The highest BCUT2D eigenvalue weighted by atomic mass is 14.9. The lowest BCUT2D eigenvalue weighted by molar-refractivity contribution is 0.834. The van der Waals surface area contributed by atoms with Gasteiger partial charge in [-0.3, -0.25) is 9.98 Å². The first-order valence-corrected chi connectivity index (χ1v) is 17.5. The molecule has 0 fully saturated rings. The van der Waals surface area contributed by atoms with Crippen molar-refractivity contribution in [3.05, 3.63) is 99.2 Å². The molecule has 46 heavy (non-hydrogen) atoms. The number of hydrogen-bond acceptors (Lipinski definition) is 3. The fourth-order valence-corrected chi connectivity index (χ4v) is 6.48. The fraction of sp³-hybridized carbons (Fsp3) is 0.488. The van der Waals surface area contributed by atoms with Gasteiger partial charge in [0.15, 0.2) is 0 Å². The van der Waals surface area contributed by atoms with E-state index in [4.69, 9.17) is 9.98 Å². The van der Waals surface area contributed by atoms with Gasteiger partial charge in [0.05, 0.1) is 11.4 Å². The number of nitrogens with one attached hydrogen (secondary N) is 1. The monoisotopic (exact) mass is 619 g/mol. The molecule has 0 unspecified atom stereocenters. The number of nitrogens with zero attached hydrogens (tertiary/aromatic N) is 2. The third-order valence-electron chi connectivity index (χ3n) is 9.03. The molecule has 0 aliphatic carbocycles. The smallest absolute Gasteiger partial charge is 0.0702 e. The molecule has 0 atom stereocenters. The van der Waals surface area contributed by atoms with Crippen molar-refractivity contribution in [1.82, 2.24) is 0 Å². The van der Waals surface area contributed by atoms with Gasteiger partial charge in [0.2, 0.25) is 0 Å². The summed E-state index contributed by atoms with van der Waals surface area (Å²) in [6, 6.07) is 20.0. The van der Waals surface area contributed by atoms with Crippen LogP contribution in [0.15, 0.2) is 75.9 Å². The minimum atomic E-state index is 0.365. The molecule has 0 radical (unpaired) electrons. The van der Waals surface area contributed by atoms with E-state index in [1.54, 1.807) is 0 Å². The second-order valence-corrected chi connectivity index (χ2v) is 14.8. The van der Waals surface area contributed by atoms with Gasteiger partial charge in [0.1, 0.15) is 0 Å². The zero-order valence-corrected chi connectivity index (χ0v) is 31.6. The number of allylic oxidation sites excluding steroid dienone is 2. The number of hydrogen-bond donors (Lipinski definition) is 1. The molecule has 0 aromatic heterocycles. The van der Waals surface area contributed by atoms with Gasteiger partial charge >= 0.3 is 0 Å². The molecule has 3 aromatic rings. The molecule has 0 bridgehead atoms. The Morgan fingerprint density at radius 3 is 0.957 bits per heavy atom. The first-order chi connectivity index (χ1) is 21.6. The number of benzene rings is 3. The molecule has 1 N–H and O–H groups in total. The summed E-state index contributed by atoms with van der Waals surface area (Å²) in [7, 11) is 0. The van der Waals surface area contributed by atoms with E-state index in [-0.39, 0.29) is 0 Å². The summed E-state index contributed by atoms with van der Waals surface area (Å²) in [4.78, 5) is 11.0. The van der Waals surface area contributed by atoms with Crippen LogP contribution >= 0.6 is 0 Å². The first-order valence-electron chi connectivity index (χ1n) is 17.5. The SMILES string of the molecule is CC(=Nc1c(C(C)C)cccc1C(C)C)C(C(C)=Nc1c(C(C)C)cccc1C(C)C)=C(C)Nc1c(C(C)C)cccc1C(C)C. The highest BCUT2D eigenvalue weighted by Gasteiger charge is 2.21. The Kier molecular flexibility index (Phi) is 12.8. The third-order valence-corrected chi connectivity index (χ3v) is 9.03. The Labute approximate surface area is 281 Å². The lowest BCUT2D eigenvalue weighted by Crippen LogP contribution is -2.16. The molecule has 3 heteroatoms. The summed E-state index contributed by atoms with van der Waals surface area (Å²) in [5.74, 6) is 2.24. The molecular weight excluding hydrogens is 558 g/mol. The molecule has 0 heterocycles. The number of aliphatic imine (C=N–C) groups is 2. The summed E-state index contributed by atoms with van der Waals surface area (Å²) in [5.41, 5.74) is 15.3. The van der Waals surface area contributed by atoms with E-state index in [1.807, 2.05) is 0 Å². The second-order valence-electron chi connectivity index (χ2n) is 14.8. The van der Waals surface area contributed by atoms with Gasteiger partial charge in [0.25, 0.3) is 0 Å². The highest BCUT2D eigenvalue weighted by molar-refractivity contribution is 6.24.